The summed E-state index contributed by atoms with van der Waals surface area (Å²) in [6, 6.07) is 1.36. The van der Waals surface area contributed by atoms with Gasteiger partial charge in [-0.1, -0.05) is 0 Å². The summed E-state index contributed by atoms with van der Waals surface area (Å²) in [5, 5.41) is 9.86. The molecule has 220 valence electrons. The predicted octanol–water partition coefficient (Wildman–Crippen LogP) is 5.47. The van der Waals surface area contributed by atoms with E-state index in [2.05, 4.69) is 25.7 Å². The van der Waals surface area contributed by atoms with E-state index < -0.39 is 54.7 Å². The number of carbonyl (C=O) groups is 2. The number of pyridine rings is 1. The minimum absolute atomic E-state index is 0.0335. The number of alkyl halides is 5. The Labute approximate surface area is 230 Å². The number of hydrogen-bond acceptors (Lipinski definition) is 5. The fourth-order valence-electron chi connectivity index (χ4n) is 5.22. The molecule has 0 aromatic carbocycles. The van der Waals surface area contributed by atoms with Crippen molar-refractivity contribution in [2.75, 3.05) is 0 Å². The molecule has 2 saturated carbocycles. The van der Waals surface area contributed by atoms with Crippen LogP contribution in [0.2, 0.25) is 0 Å². The van der Waals surface area contributed by atoms with Crippen molar-refractivity contribution in [1.82, 2.24) is 30.2 Å². The fraction of sp³-hybridized carbons (Fsp3) is 0.519. The Kier molecular flexibility index (Phi) is 7.93. The SMILES string of the molecule is O=C(CCC(F)(F)F)N[C@@H](c1cnn2cc([C@@H](NC(=O)c3cncc(F)c3)C3CCC(F)(F)CC3)nc2c1)C1CC1. The molecule has 2 amide bonds. The number of imidazole rings is 1. The van der Waals surface area contributed by atoms with Crippen LogP contribution in [0, 0.1) is 17.7 Å². The molecule has 8 nitrogen and oxygen atoms in total. The maximum absolute atomic E-state index is 13.9. The van der Waals surface area contributed by atoms with Gasteiger partial charge in [-0.15, -0.1) is 0 Å². The Morgan fingerprint density at radius 1 is 1.00 bits per heavy atom. The molecule has 41 heavy (non-hydrogen) atoms. The van der Waals surface area contributed by atoms with Crippen LogP contribution in [0.4, 0.5) is 26.3 Å². The average Bonchev–Trinajstić information content (AvgIpc) is 3.66. The lowest BCUT2D eigenvalue weighted by Gasteiger charge is -2.33. The molecule has 2 aliphatic carbocycles. The number of rotatable bonds is 9. The Bertz CT molecular complexity index is 1410. The molecule has 2 atom stereocenters. The van der Waals surface area contributed by atoms with Crippen LogP contribution in [0.1, 0.15) is 85.1 Å². The van der Waals surface area contributed by atoms with Crippen molar-refractivity contribution < 1.29 is 35.9 Å². The fourth-order valence-corrected chi connectivity index (χ4v) is 5.22. The molecule has 5 rings (SSSR count). The summed E-state index contributed by atoms with van der Waals surface area (Å²) in [4.78, 5) is 33.5. The van der Waals surface area contributed by atoms with E-state index in [4.69, 9.17) is 0 Å². The molecule has 3 aromatic heterocycles. The van der Waals surface area contributed by atoms with Crippen molar-refractivity contribution in [1.29, 1.82) is 0 Å². The molecule has 0 spiro atoms. The van der Waals surface area contributed by atoms with Gasteiger partial charge in [-0.3, -0.25) is 14.6 Å². The van der Waals surface area contributed by atoms with E-state index in [9.17, 15) is 35.9 Å². The van der Waals surface area contributed by atoms with Gasteiger partial charge in [0.2, 0.25) is 11.8 Å². The summed E-state index contributed by atoms with van der Waals surface area (Å²) < 4.78 is 80.7. The smallest absolute Gasteiger partial charge is 0.349 e. The molecular weight excluding hydrogens is 554 g/mol. The summed E-state index contributed by atoms with van der Waals surface area (Å²) >= 11 is 0. The number of hydrogen-bond donors (Lipinski definition) is 2. The van der Waals surface area contributed by atoms with Gasteiger partial charge < -0.3 is 10.6 Å². The van der Waals surface area contributed by atoms with E-state index in [1.807, 2.05) is 0 Å². The third kappa shape index (κ3) is 7.33. The lowest BCUT2D eigenvalue weighted by molar-refractivity contribution is -0.144. The summed E-state index contributed by atoms with van der Waals surface area (Å²) in [5.41, 5.74) is 1.25. The first kappa shape index (κ1) is 28.8. The van der Waals surface area contributed by atoms with Crippen molar-refractivity contribution in [2.45, 2.75) is 75.5 Å². The van der Waals surface area contributed by atoms with Crippen molar-refractivity contribution in [3.05, 3.63) is 59.6 Å². The van der Waals surface area contributed by atoms with Crippen LogP contribution < -0.4 is 10.6 Å². The highest BCUT2D eigenvalue weighted by atomic mass is 19.4. The molecule has 0 radical (unpaired) electrons. The highest BCUT2D eigenvalue weighted by Gasteiger charge is 2.40. The van der Waals surface area contributed by atoms with E-state index >= 15 is 0 Å². The van der Waals surface area contributed by atoms with Crippen LogP contribution in [0.3, 0.4) is 0 Å². The van der Waals surface area contributed by atoms with E-state index in [1.165, 1.54) is 16.9 Å². The van der Waals surface area contributed by atoms with Crippen molar-refractivity contribution in [3.8, 4) is 0 Å². The van der Waals surface area contributed by atoms with Crippen LogP contribution in [0.5, 0.6) is 0 Å². The van der Waals surface area contributed by atoms with Gasteiger partial charge in [-0.2, -0.15) is 18.3 Å². The quantitative estimate of drug-likeness (QED) is 0.326. The zero-order chi connectivity index (χ0) is 29.4. The second-order valence-electron chi connectivity index (χ2n) is 10.8. The first-order chi connectivity index (χ1) is 19.4. The third-order valence-corrected chi connectivity index (χ3v) is 7.57. The minimum atomic E-state index is -4.44. The second kappa shape index (κ2) is 11.3. The van der Waals surface area contributed by atoms with Crippen LogP contribution in [-0.4, -0.2) is 43.5 Å². The Morgan fingerprint density at radius 3 is 2.37 bits per heavy atom. The van der Waals surface area contributed by atoms with Gasteiger partial charge in [0.25, 0.3) is 5.91 Å². The molecule has 2 fully saturated rings. The minimum Gasteiger partial charge on any atom is -0.349 e. The monoisotopic (exact) mass is 582 g/mol. The maximum atomic E-state index is 13.9. The molecule has 3 heterocycles. The van der Waals surface area contributed by atoms with Gasteiger partial charge >= 0.3 is 6.18 Å². The van der Waals surface area contributed by atoms with Gasteiger partial charge in [0.15, 0.2) is 5.65 Å². The van der Waals surface area contributed by atoms with Gasteiger partial charge in [0.1, 0.15) is 5.82 Å². The molecule has 2 aliphatic rings. The van der Waals surface area contributed by atoms with Gasteiger partial charge in [0, 0.05) is 25.5 Å². The van der Waals surface area contributed by atoms with Crippen LogP contribution in [0.15, 0.2) is 36.9 Å². The second-order valence-corrected chi connectivity index (χ2v) is 10.8. The van der Waals surface area contributed by atoms with Crippen LogP contribution >= 0.6 is 0 Å². The average molecular weight is 583 g/mol. The van der Waals surface area contributed by atoms with Crippen molar-refractivity contribution in [3.63, 3.8) is 0 Å². The number of fused-ring (bicyclic) bond motifs is 1. The Hall–Kier alpha value is -3.71. The van der Waals surface area contributed by atoms with Gasteiger partial charge in [-0.05, 0) is 55.2 Å². The van der Waals surface area contributed by atoms with E-state index in [1.54, 1.807) is 12.3 Å². The molecule has 3 aromatic rings. The first-order valence-electron chi connectivity index (χ1n) is 13.4. The first-order valence-corrected chi connectivity index (χ1v) is 13.4. The number of carbonyl (C=O) groups excluding carboxylic acids is 2. The predicted molar refractivity (Wildman–Crippen MR) is 133 cm³/mol. The summed E-state index contributed by atoms with van der Waals surface area (Å²) in [5.74, 6) is -5.18. The lowest BCUT2D eigenvalue weighted by atomic mass is 9.81. The number of amides is 2. The van der Waals surface area contributed by atoms with Crippen LogP contribution in [0.25, 0.3) is 5.65 Å². The highest BCUT2D eigenvalue weighted by molar-refractivity contribution is 5.94. The third-order valence-electron chi connectivity index (χ3n) is 7.57. The van der Waals surface area contributed by atoms with Gasteiger partial charge in [0.05, 0.1) is 48.4 Å². The maximum Gasteiger partial charge on any atom is 0.389 e. The molecule has 0 unspecified atom stereocenters. The number of nitrogens with one attached hydrogen (secondary N) is 2. The number of nitrogens with zero attached hydrogens (tertiary/aromatic N) is 4. The molecule has 0 bridgehead atoms. The zero-order valence-corrected chi connectivity index (χ0v) is 21.8. The van der Waals surface area contributed by atoms with E-state index in [0.717, 1.165) is 25.1 Å². The van der Waals surface area contributed by atoms with E-state index in [-0.39, 0.29) is 43.1 Å². The summed E-state index contributed by atoms with van der Waals surface area (Å²) in [7, 11) is 0. The largest absolute Gasteiger partial charge is 0.389 e. The molecule has 14 heteroatoms. The number of halogens is 6. The van der Waals surface area contributed by atoms with Gasteiger partial charge in [-0.25, -0.2) is 22.7 Å². The molecule has 0 aliphatic heterocycles. The van der Waals surface area contributed by atoms with Crippen LogP contribution in [-0.2, 0) is 4.79 Å². The normalized spacial score (nSPS) is 19.1. The number of aromatic nitrogens is 4. The van der Waals surface area contributed by atoms with Crippen molar-refractivity contribution in [2.24, 2.45) is 11.8 Å². The Morgan fingerprint density at radius 2 is 1.71 bits per heavy atom. The summed E-state index contributed by atoms with van der Waals surface area (Å²) in [6.07, 6.45) is 0.0178. The topological polar surface area (TPSA) is 101 Å². The highest BCUT2D eigenvalue weighted by Crippen LogP contribution is 2.43. The zero-order valence-electron chi connectivity index (χ0n) is 21.8. The standard InChI is InChI=1S/C27H28F6N6O2/c28-19-9-18(11-34-13-19)25(41)38-24(16-3-6-26(29,30)7-4-16)20-14-39-21(36-20)10-17(12-35-39)23(15-1-2-15)37-22(40)5-8-27(31,32)33/h9-16,23-24H,1-8H2,(H,37,40)(H,38,41)/t23-,24+/m1/s1. The molecule has 0 saturated heterocycles. The summed E-state index contributed by atoms with van der Waals surface area (Å²) in [6.45, 7) is 0. The molecule has 2 N–H and O–H groups in total. The van der Waals surface area contributed by atoms with Crippen molar-refractivity contribution >= 4 is 17.5 Å². The lowest BCUT2D eigenvalue weighted by Crippen LogP contribution is -2.37. The molecular formula is C27H28F6N6O2. The van der Waals surface area contributed by atoms with E-state index in [0.29, 0.717) is 16.9 Å². The Balaban J connectivity index is 1.39.